The molecule has 0 aliphatic carbocycles. The maximum Gasteiger partial charge on any atom is 0.248 e. The van der Waals surface area contributed by atoms with Crippen molar-refractivity contribution in [2.45, 2.75) is 20.0 Å². The third-order valence-corrected chi connectivity index (χ3v) is 3.24. The van der Waals surface area contributed by atoms with Crippen LogP contribution in [0.3, 0.4) is 0 Å². The highest BCUT2D eigenvalue weighted by Gasteiger charge is 2.21. The van der Waals surface area contributed by atoms with Gasteiger partial charge in [-0.3, -0.25) is 9.69 Å². The molecule has 19 heavy (non-hydrogen) atoms. The summed E-state index contributed by atoms with van der Waals surface area (Å²) in [5.74, 6) is -0.0776. The zero-order valence-corrected chi connectivity index (χ0v) is 11.5. The standard InChI is InChI=1S/C15H20N2O2/c1-3-5-15(18)16-14-7-4-6-12-10-17(8-9-19-2)11-13(12)14/h3-7H,8-11H2,1-2H3,(H,16,18)/b5-3+. The molecule has 0 saturated carbocycles. The van der Waals surface area contributed by atoms with Crippen molar-refractivity contribution in [3.63, 3.8) is 0 Å². The number of anilines is 1. The lowest BCUT2D eigenvalue weighted by molar-refractivity contribution is -0.111. The Balaban J connectivity index is 2.09. The topological polar surface area (TPSA) is 41.6 Å². The highest BCUT2D eigenvalue weighted by atomic mass is 16.5. The van der Waals surface area contributed by atoms with Crippen molar-refractivity contribution in [2.24, 2.45) is 0 Å². The van der Waals surface area contributed by atoms with Crippen LogP contribution in [-0.2, 0) is 22.6 Å². The first kappa shape index (κ1) is 13.8. The minimum absolute atomic E-state index is 0.0776. The molecule has 4 heteroatoms. The maximum atomic E-state index is 11.6. The van der Waals surface area contributed by atoms with Crippen LogP contribution >= 0.6 is 0 Å². The highest BCUT2D eigenvalue weighted by molar-refractivity contribution is 5.99. The first-order chi connectivity index (χ1) is 9.24. The number of hydrogen-bond acceptors (Lipinski definition) is 3. The van der Waals surface area contributed by atoms with Crippen LogP contribution in [0, 0.1) is 0 Å². The van der Waals surface area contributed by atoms with Crippen LogP contribution in [0.2, 0.25) is 0 Å². The summed E-state index contributed by atoms with van der Waals surface area (Å²) in [6.07, 6.45) is 3.28. The summed E-state index contributed by atoms with van der Waals surface area (Å²) in [5.41, 5.74) is 3.42. The summed E-state index contributed by atoms with van der Waals surface area (Å²) in [6, 6.07) is 6.07. The van der Waals surface area contributed by atoms with Gasteiger partial charge in [-0.1, -0.05) is 18.2 Å². The van der Waals surface area contributed by atoms with E-state index >= 15 is 0 Å². The fourth-order valence-corrected chi connectivity index (χ4v) is 2.31. The van der Waals surface area contributed by atoms with Gasteiger partial charge in [0.2, 0.25) is 5.91 Å². The Labute approximate surface area is 114 Å². The molecule has 0 aromatic heterocycles. The van der Waals surface area contributed by atoms with E-state index in [1.54, 1.807) is 13.2 Å². The van der Waals surface area contributed by atoms with Gasteiger partial charge in [0, 0.05) is 32.4 Å². The van der Waals surface area contributed by atoms with Crippen molar-refractivity contribution in [1.82, 2.24) is 4.90 Å². The van der Waals surface area contributed by atoms with E-state index in [0.29, 0.717) is 0 Å². The van der Waals surface area contributed by atoms with Crippen LogP contribution in [0.25, 0.3) is 0 Å². The van der Waals surface area contributed by atoms with Gasteiger partial charge in [-0.25, -0.2) is 0 Å². The first-order valence-corrected chi connectivity index (χ1v) is 6.50. The average Bonchev–Trinajstić information content (AvgIpc) is 2.80. The second kappa shape index (κ2) is 6.50. The van der Waals surface area contributed by atoms with Crippen molar-refractivity contribution in [3.8, 4) is 0 Å². The quantitative estimate of drug-likeness (QED) is 0.825. The predicted molar refractivity (Wildman–Crippen MR) is 75.9 cm³/mol. The molecule has 1 heterocycles. The van der Waals surface area contributed by atoms with Crippen molar-refractivity contribution >= 4 is 11.6 Å². The number of allylic oxidation sites excluding steroid dienone is 1. The Bertz CT molecular complexity index is 483. The van der Waals surface area contributed by atoms with E-state index in [0.717, 1.165) is 31.9 Å². The zero-order valence-electron chi connectivity index (χ0n) is 11.5. The van der Waals surface area contributed by atoms with Crippen molar-refractivity contribution in [2.75, 3.05) is 25.6 Å². The number of methoxy groups -OCH3 is 1. The zero-order chi connectivity index (χ0) is 13.7. The van der Waals surface area contributed by atoms with E-state index in [1.165, 1.54) is 17.2 Å². The molecule has 1 aliphatic rings. The van der Waals surface area contributed by atoms with Crippen LogP contribution in [0.4, 0.5) is 5.69 Å². The SMILES string of the molecule is C/C=C/C(=O)Nc1cccc2c1CN(CCOC)C2. The second-order valence-corrected chi connectivity index (χ2v) is 4.64. The molecule has 0 saturated heterocycles. The lowest BCUT2D eigenvalue weighted by atomic mass is 10.1. The van der Waals surface area contributed by atoms with Gasteiger partial charge in [0.05, 0.1) is 6.61 Å². The van der Waals surface area contributed by atoms with E-state index in [1.807, 2.05) is 19.1 Å². The lowest BCUT2D eigenvalue weighted by Gasteiger charge is -2.13. The summed E-state index contributed by atoms with van der Waals surface area (Å²) in [7, 11) is 1.71. The number of carbonyl (C=O) groups excluding carboxylic acids is 1. The molecule has 102 valence electrons. The number of carbonyl (C=O) groups is 1. The molecule has 1 amide bonds. The van der Waals surface area contributed by atoms with Crippen LogP contribution in [0.15, 0.2) is 30.4 Å². The Morgan fingerprint density at radius 3 is 3.05 bits per heavy atom. The molecular formula is C15H20N2O2. The van der Waals surface area contributed by atoms with Gasteiger partial charge in [-0.05, 0) is 30.2 Å². The molecule has 0 atom stereocenters. The van der Waals surface area contributed by atoms with Crippen LogP contribution in [0.1, 0.15) is 18.1 Å². The third-order valence-electron chi connectivity index (χ3n) is 3.24. The Morgan fingerprint density at radius 2 is 2.32 bits per heavy atom. The van der Waals surface area contributed by atoms with Gasteiger partial charge >= 0.3 is 0 Å². The number of nitrogens with one attached hydrogen (secondary N) is 1. The van der Waals surface area contributed by atoms with Crippen molar-refractivity contribution in [3.05, 3.63) is 41.5 Å². The molecule has 0 fully saturated rings. The Hall–Kier alpha value is -1.65. The van der Waals surface area contributed by atoms with E-state index in [2.05, 4.69) is 16.3 Å². The monoisotopic (exact) mass is 260 g/mol. The Kier molecular flexibility index (Phi) is 4.71. The van der Waals surface area contributed by atoms with Gasteiger partial charge in [-0.15, -0.1) is 0 Å². The van der Waals surface area contributed by atoms with Gasteiger partial charge in [0.25, 0.3) is 0 Å². The van der Waals surface area contributed by atoms with E-state index in [4.69, 9.17) is 4.74 Å². The molecule has 0 spiro atoms. The fourth-order valence-electron chi connectivity index (χ4n) is 2.31. The average molecular weight is 260 g/mol. The molecule has 1 N–H and O–H groups in total. The molecule has 1 aromatic carbocycles. The smallest absolute Gasteiger partial charge is 0.248 e. The molecule has 0 unspecified atom stereocenters. The number of amides is 1. The minimum atomic E-state index is -0.0776. The summed E-state index contributed by atoms with van der Waals surface area (Å²) >= 11 is 0. The predicted octanol–water partition coefficient (Wildman–Crippen LogP) is 2.16. The maximum absolute atomic E-state index is 11.6. The van der Waals surface area contributed by atoms with Gasteiger partial charge in [0.15, 0.2) is 0 Å². The van der Waals surface area contributed by atoms with Crippen LogP contribution < -0.4 is 5.32 Å². The van der Waals surface area contributed by atoms with Crippen LogP contribution in [0.5, 0.6) is 0 Å². The van der Waals surface area contributed by atoms with Gasteiger partial charge in [-0.2, -0.15) is 0 Å². The molecule has 0 radical (unpaired) electrons. The number of nitrogens with zero attached hydrogens (tertiary/aromatic N) is 1. The summed E-state index contributed by atoms with van der Waals surface area (Å²) in [5, 5.41) is 2.94. The van der Waals surface area contributed by atoms with E-state index in [9.17, 15) is 4.79 Å². The Morgan fingerprint density at radius 1 is 1.47 bits per heavy atom. The summed E-state index contributed by atoms with van der Waals surface area (Å²) in [6.45, 7) is 5.26. The number of hydrogen-bond donors (Lipinski definition) is 1. The molecule has 1 aromatic rings. The van der Waals surface area contributed by atoms with E-state index in [-0.39, 0.29) is 5.91 Å². The second-order valence-electron chi connectivity index (χ2n) is 4.64. The molecule has 0 bridgehead atoms. The number of benzene rings is 1. The van der Waals surface area contributed by atoms with Crippen molar-refractivity contribution < 1.29 is 9.53 Å². The summed E-state index contributed by atoms with van der Waals surface area (Å²) < 4.78 is 5.11. The fraction of sp³-hybridized carbons (Fsp3) is 0.400. The molecule has 4 nitrogen and oxygen atoms in total. The molecule has 1 aliphatic heterocycles. The van der Waals surface area contributed by atoms with Gasteiger partial charge < -0.3 is 10.1 Å². The van der Waals surface area contributed by atoms with Crippen molar-refractivity contribution in [1.29, 1.82) is 0 Å². The third kappa shape index (κ3) is 3.43. The largest absolute Gasteiger partial charge is 0.383 e. The normalized spacial score (nSPS) is 14.8. The number of fused-ring (bicyclic) bond motifs is 1. The lowest BCUT2D eigenvalue weighted by Crippen LogP contribution is -2.21. The molecule has 2 rings (SSSR count). The first-order valence-electron chi connectivity index (χ1n) is 6.50. The highest BCUT2D eigenvalue weighted by Crippen LogP contribution is 2.29. The molecular weight excluding hydrogens is 240 g/mol. The summed E-state index contributed by atoms with van der Waals surface area (Å²) in [4.78, 5) is 14.0. The van der Waals surface area contributed by atoms with Gasteiger partial charge in [0.1, 0.15) is 0 Å². The van der Waals surface area contributed by atoms with E-state index < -0.39 is 0 Å². The minimum Gasteiger partial charge on any atom is -0.383 e. The number of rotatable bonds is 5. The number of ether oxygens (including phenoxy) is 1. The van der Waals surface area contributed by atoms with Crippen LogP contribution in [-0.4, -0.2) is 31.1 Å².